The number of carboxylic acid groups (broad SMARTS) is 1. The second-order valence-electron chi connectivity index (χ2n) is 6.14. The van der Waals surface area contributed by atoms with Crippen LogP contribution >= 0.6 is 0 Å². The standard InChI is InChI=1S/C19H16F5NO4/c1-25(18(28)29-10-11-5-3-2-4-6-11)15(17(26)27)9-12-7-13(20)16(14(21)8-12)19(22,23)24/h2-8,15H,9-10H2,1H3,(H,26,27). The maximum atomic E-state index is 13.7. The number of carboxylic acids is 1. The molecule has 0 spiro atoms. The van der Waals surface area contributed by atoms with Crippen LogP contribution in [-0.2, 0) is 28.7 Å². The van der Waals surface area contributed by atoms with Gasteiger partial charge in [0.1, 0.15) is 29.8 Å². The molecule has 29 heavy (non-hydrogen) atoms. The molecule has 5 nitrogen and oxygen atoms in total. The first-order valence-electron chi connectivity index (χ1n) is 8.22. The number of amides is 1. The molecular formula is C19H16F5NO4. The summed E-state index contributed by atoms with van der Waals surface area (Å²) < 4.78 is 70.4. The SMILES string of the molecule is CN(C(=O)OCc1ccccc1)C(Cc1cc(F)c(C(F)(F)F)c(F)c1)C(=O)O. The summed E-state index contributed by atoms with van der Waals surface area (Å²) in [6.07, 6.45) is -6.89. The van der Waals surface area contributed by atoms with Crippen LogP contribution in [0.15, 0.2) is 42.5 Å². The zero-order chi connectivity index (χ0) is 21.8. The maximum Gasteiger partial charge on any atom is 0.422 e. The molecule has 2 aromatic carbocycles. The molecule has 2 rings (SSSR count). The molecule has 0 saturated heterocycles. The molecule has 0 aromatic heterocycles. The Bertz CT molecular complexity index is 863. The van der Waals surface area contributed by atoms with Crippen LogP contribution < -0.4 is 0 Å². The molecule has 0 aliphatic carbocycles. The number of likely N-dealkylation sites (N-methyl/N-ethyl adjacent to an activating group) is 1. The van der Waals surface area contributed by atoms with E-state index in [-0.39, 0.29) is 12.2 Å². The Balaban J connectivity index is 2.15. The van der Waals surface area contributed by atoms with E-state index in [4.69, 9.17) is 4.74 Å². The number of carbonyl (C=O) groups excluding carboxylic acids is 1. The molecule has 0 saturated carbocycles. The van der Waals surface area contributed by atoms with Gasteiger partial charge in [0.2, 0.25) is 0 Å². The number of aliphatic carboxylic acids is 1. The minimum atomic E-state index is -5.24. The van der Waals surface area contributed by atoms with Gasteiger partial charge in [-0.3, -0.25) is 4.90 Å². The third kappa shape index (κ3) is 5.66. The maximum absolute atomic E-state index is 13.7. The minimum absolute atomic E-state index is 0.139. The van der Waals surface area contributed by atoms with Crippen LogP contribution in [-0.4, -0.2) is 35.2 Å². The summed E-state index contributed by atoms with van der Waals surface area (Å²) >= 11 is 0. The lowest BCUT2D eigenvalue weighted by Crippen LogP contribution is -2.44. The highest BCUT2D eigenvalue weighted by atomic mass is 19.4. The molecule has 1 unspecified atom stereocenters. The van der Waals surface area contributed by atoms with Gasteiger partial charge in [0.25, 0.3) is 0 Å². The fourth-order valence-electron chi connectivity index (χ4n) is 2.58. The molecule has 0 aliphatic heterocycles. The van der Waals surface area contributed by atoms with Gasteiger partial charge in [-0.05, 0) is 23.3 Å². The smallest absolute Gasteiger partial charge is 0.422 e. The molecule has 1 atom stereocenters. The molecule has 0 fully saturated rings. The van der Waals surface area contributed by atoms with Gasteiger partial charge in [-0.1, -0.05) is 30.3 Å². The summed E-state index contributed by atoms with van der Waals surface area (Å²) in [5.74, 6) is -5.26. The third-order valence-electron chi connectivity index (χ3n) is 4.06. The van der Waals surface area contributed by atoms with Gasteiger partial charge in [0.15, 0.2) is 0 Å². The zero-order valence-corrected chi connectivity index (χ0v) is 15.0. The Morgan fingerprint density at radius 2 is 1.62 bits per heavy atom. The number of ether oxygens (including phenoxy) is 1. The van der Waals surface area contributed by atoms with Crippen LogP contribution in [0.1, 0.15) is 16.7 Å². The van der Waals surface area contributed by atoms with Gasteiger partial charge < -0.3 is 9.84 Å². The number of rotatable bonds is 6. The lowest BCUT2D eigenvalue weighted by atomic mass is 10.0. The summed E-state index contributed by atoms with van der Waals surface area (Å²) in [5, 5.41) is 9.34. The molecule has 1 N–H and O–H groups in total. The Labute approximate surface area is 162 Å². The number of hydrogen-bond donors (Lipinski definition) is 1. The average molecular weight is 417 g/mol. The summed E-state index contributed by atoms with van der Waals surface area (Å²) in [6.45, 7) is -0.139. The quantitative estimate of drug-likeness (QED) is 0.714. The van der Waals surface area contributed by atoms with E-state index >= 15 is 0 Å². The van der Waals surface area contributed by atoms with Crippen molar-refractivity contribution in [2.24, 2.45) is 0 Å². The van der Waals surface area contributed by atoms with E-state index < -0.39 is 47.9 Å². The number of halogens is 5. The molecule has 0 heterocycles. The fourth-order valence-corrected chi connectivity index (χ4v) is 2.58. The molecule has 1 amide bonds. The van der Waals surface area contributed by atoms with E-state index in [1.807, 2.05) is 0 Å². The highest BCUT2D eigenvalue weighted by molar-refractivity contribution is 5.80. The van der Waals surface area contributed by atoms with Gasteiger partial charge in [0, 0.05) is 13.5 Å². The van der Waals surface area contributed by atoms with Crippen molar-refractivity contribution < 1.29 is 41.4 Å². The molecule has 156 valence electrons. The number of carbonyl (C=O) groups is 2. The van der Waals surface area contributed by atoms with Crippen molar-refractivity contribution in [3.8, 4) is 0 Å². The van der Waals surface area contributed by atoms with Crippen LogP contribution in [0.5, 0.6) is 0 Å². The van der Waals surface area contributed by atoms with Crippen LogP contribution in [0.25, 0.3) is 0 Å². The minimum Gasteiger partial charge on any atom is -0.480 e. The molecule has 0 radical (unpaired) electrons. The van der Waals surface area contributed by atoms with E-state index in [1.54, 1.807) is 30.3 Å². The average Bonchev–Trinajstić information content (AvgIpc) is 2.62. The van der Waals surface area contributed by atoms with Crippen molar-refractivity contribution in [3.05, 3.63) is 70.8 Å². The number of alkyl halides is 3. The van der Waals surface area contributed by atoms with E-state index in [1.165, 1.54) is 0 Å². The van der Waals surface area contributed by atoms with Crippen LogP contribution in [0, 0.1) is 11.6 Å². The highest BCUT2D eigenvalue weighted by Gasteiger charge is 2.38. The fraction of sp³-hybridized carbons (Fsp3) is 0.263. The Kier molecular flexibility index (Phi) is 6.78. The van der Waals surface area contributed by atoms with E-state index in [9.17, 15) is 36.6 Å². The van der Waals surface area contributed by atoms with Gasteiger partial charge >= 0.3 is 18.2 Å². The van der Waals surface area contributed by atoms with E-state index in [2.05, 4.69) is 0 Å². The van der Waals surface area contributed by atoms with Gasteiger partial charge in [-0.2, -0.15) is 13.2 Å². The molecule has 2 aromatic rings. The summed E-state index contributed by atoms with van der Waals surface area (Å²) in [7, 11) is 1.10. The Morgan fingerprint density at radius 3 is 2.10 bits per heavy atom. The van der Waals surface area contributed by atoms with Crippen molar-refractivity contribution in [2.45, 2.75) is 25.2 Å². The zero-order valence-electron chi connectivity index (χ0n) is 15.0. The van der Waals surface area contributed by atoms with Gasteiger partial charge in [0.05, 0.1) is 0 Å². The first-order chi connectivity index (χ1) is 13.5. The summed E-state index contributed by atoms with van der Waals surface area (Å²) in [4.78, 5) is 24.3. The molecular weight excluding hydrogens is 401 g/mol. The Hall–Kier alpha value is -3.17. The van der Waals surface area contributed by atoms with Crippen LogP contribution in [0.3, 0.4) is 0 Å². The summed E-state index contributed by atoms with van der Waals surface area (Å²) in [5.41, 5.74) is -1.78. The second kappa shape index (κ2) is 8.89. The first-order valence-corrected chi connectivity index (χ1v) is 8.22. The molecule has 0 bridgehead atoms. The normalized spacial score (nSPS) is 12.3. The molecule has 0 aliphatic rings. The monoisotopic (exact) mass is 417 g/mol. The van der Waals surface area contributed by atoms with E-state index in [0.717, 1.165) is 7.05 Å². The van der Waals surface area contributed by atoms with Gasteiger partial charge in [-0.25, -0.2) is 18.4 Å². The lowest BCUT2D eigenvalue weighted by Gasteiger charge is -2.24. The predicted octanol–water partition coefficient (Wildman–Crippen LogP) is 4.25. The first kappa shape index (κ1) is 22.1. The topological polar surface area (TPSA) is 66.8 Å². The molecule has 10 heteroatoms. The van der Waals surface area contributed by atoms with Crippen molar-refractivity contribution in [2.75, 3.05) is 7.05 Å². The van der Waals surface area contributed by atoms with Crippen molar-refractivity contribution >= 4 is 12.1 Å². The van der Waals surface area contributed by atoms with Crippen LogP contribution in [0.2, 0.25) is 0 Å². The highest BCUT2D eigenvalue weighted by Crippen LogP contribution is 2.34. The third-order valence-corrected chi connectivity index (χ3v) is 4.06. The lowest BCUT2D eigenvalue weighted by molar-refractivity contribution is -0.143. The number of hydrogen-bond acceptors (Lipinski definition) is 3. The Morgan fingerprint density at radius 1 is 1.07 bits per heavy atom. The van der Waals surface area contributed by atoms with Crippen molar-refractivity contribution in [1.29, 1.82) is 0 Å². The van der Waals surface area contributed by atoms with Gasteiger partial charge in [-0.15, -0.1) is 0 Å². The second-order valence-corrected chi connectivity index (χ2v) is 6.14. The van der Waals surface area contributed by atoms with Crippen molar-refractivity contribution in [3.63, 3.8) is 0 Å². The summed E-state index contributed by atoms with van der Waals surface area (Å²) in [6, 6.07) is 7.69. The predicted molar refractivity (Wildman–Crippen MR) is 90.9 cm³/mol. The van der Waals surface area contributed by atoms with Crippen molar-refractivity contribution in [1.82, 2.24) is 4.90 Å². The van der Waals surface area contributed by atoms with E-state index in [0.29, 0.717) is 22.6 Å². The number of nitrogens with zero attached hydrogens (tertiary/aromatic N) is 1. The largest absolute Gasteiger partial charge is 0.480 e. The number of benzene rings is 2. The van der Waals surface area contributed by atoms with Crippen LogP contribution in [0.4, 0.5) is 26.7 Å².